The molecule has 0 unspecified atom stereocenters. The minimum Gasteiger partial charge on any atom is -0.507 e. The number of likely N-dealkylation sites (tertiary alicyclic amines) is 1. The van der Waals surface area contributed by atoms with Crippen molar-refractivity contribution in [1.29, 1.82) is 0 Å². The fourth-order valence-corrected chi connectivity index (χ4v) is 5.79. The largest absolute Gasteiger partial charge is 0.507 e. The summed E-state index contributed by atoms with van der Waals surface area (Å²) in [5.74, 6) is 6.80. The van der Waals surface area contributed by atoms with Gasteiger partial charge in [-0.25, -0.2) is 4.79 Å². The van der Waals surface area contributed by atoms with E-state index in [1.807, 2.05) is 12.1 Å². The van der Waals surface area contributed by atoms with Crippen LogP contribution in [0.15, 0.2) is 12.1 Å². The Labute approximate surface area is 205 Å². The highest BCUT2D eigenvalue weighted by Gasteiger charge is 2.32. The molecule has 32 heavy (non-hydrogen) atoms. The fraction of sp³-hybridized carbons (Fsp3) is 0.640. The Morgan fingerprint density at radius 1 is 1.22 bits per heavy atom. The molecule has 1 aliphatic carbocycles. The van der Waals surface area contributed by atoms with Crippen molar-refractivity contribution >= 4 is 28.7 Å². The van der Waals surface area contributed by atoms with Gasteiger partial charge in [-0.1, -0.05) is 45.0 Å². The number of benzene rings is 1. The van der Waals surface area contributed by atoms with Crippen LogP contribution in [0.4, 0.5) is 4.79 Å². The van der Waals surface area contributed by atoms with Gasteiger partial charge < -0.3 is 20.4 Å². The molecule has 0 atom stereocenters. The molecule has 1 saturated heterocycles. The SMILES string of the molecule is CCN(CC)C1CCN(Cc2cc(C#CC3(NC(=O)O)CCCCC3)cc(I)c2O)CC1. The zero-order chi connectivity index (χ0) is 23.1. The molecule has 1 aromatic rings. The summed E-state index contributed by atoms with van der Waals surface area (Å²) in [6.45, 7) is 9.41. The molecule has 0 radical (unpaired) electrons. The summed E-state index contributed by atoms with van der Waals surface area (Å²) in [5.41, 5.74) is 1.06. The molecule has 2 aliphatic rings. The lowest BCUT2D eigenvalue weighted by Crippen LogP contribution is -2.48. The Bertz CT molecular complexity index is 846. The maximum atomic E-state index is 11.3. The van der Waals surface area contributed by atoms with E-state index < -0.39 is 11.6 Å². The van der Waals surface area contributed by atoms with Gasteiger partial charge in [-0.05, 0) is 86.6 Å². The zero-order valence-electron chi connectivity index (χ0n) is 19.3. The van der Waals surface area contributed by atoms with Crippen LogP contribution in [0, 0.1) is 15.4 Å². The van der Waals surface area contributed by atoms with E-state index in [-0.39, 0.29) is 0 Å². The first-order valence-corrected chi connectivity index (χ1v) is 13.0. The number of halogens is 1. The minimum atomic E-state index is -1.02. The van der Waals surface area contributed by atoms with Crippen LogP contribution in [0.2, 0.25) is 0 Å². The molecule has 2 fully saturated rings. The number of phenols is 1. The van der Waals surface area contributed by atoms with E-state index >= 15 is 0 Å². The van der Waals surface area contributed by atoms with Crippen LogP contribution in [0.25, 0.3) is 0 Å². The summed E-state index contributed by atoms with van der Waals surface area (Å²) in [6.07, 6.45) is 5.87. The number of nitrogens with zero attached hydrogens (tertiary/aromatic N) is 2. The molecule has 1 aromatic carbocycles. The van der Waals surface area contributed by atoms with Crippen molar-refractivity contribution in [3.8, 4) is 17.6 Å². The molecule has 3 rings (SSSR count). The predicted octanol–water partition coefficient (Wildman–Crippen LogP) is 4.63. The van der Waals surface area contributed by atoms with Crippen molar-refractivity contribution in [2.24, 2.45) is 0 Å². The number of hydrogen-bond acceptors (Lipinski definition) is 4. The molecule has 1 saturated carbocycles. The molecule has 3 N–H and O–H groups in total. The quantitative estimate of drug-likeness (QED) is 0.354. The van der Waals surface area contributed by atoms with E-state index in [0.29, 0.717) is 18.3 Å². The number of carbonyl (C=O) groups is 1. The normalized spacial score (nSPS) is 19.4. The first-order valence-electron chi connectivity index (χ1n) is 11.9. The molecular weight excluding hydrogens is 517 g/mol. The molecule has 0 spiro atoms. The van der Waals surface area contributed by atoms with E-state index in [0.717, 1.165) is 85.8 Å². The second kappa shape index (κ2) is 11.6. The summed E-state index contributed by atoms with van der Waals surface area (Å²) < 4.78 is 0.784. The summed E-state index contributed by atoms with van der Waals surface area (Å²) in [7, 11) is 0. The fourth-order valence-electron chi connectivity index (χ4n) is 5.11. The molecule has 7 heteroatoms. The van der Waals surface area contributed by atoms with Crippen molar-refractivity contribution in [1.82, 2.24) is 15.1 Å². The van der Waals surface area contributed by atoms with Crippen LogP contribution in [0.5, 0.6) is 5.75 Å². The van der Waals surface area contributed by atoms with Gasteiger partial charge in [0.25, 0.3) is 0 Å². The minimum absolute atomic E-state index is 0.332. The summed E-state index contributed by atoms with van der Waals surface area (Å²) in [6, 6.07) is 4.51. The van der Waals surface area contributed by atoms with E-state index in [1.165, 1.54) is 0 Å². The van der Waals surface area contributed by atoms with Crippen LogP contribution >= 0.6 is 22.6 Å². The third-order valence-corrected chi connectivity index (χ3v) is 7.74. The number of hydrogen-bond donors (Lipinski definition) is 3. The second-order valence-electron chi connectivity index (χ2n) is 9.02. The van der Waals surface area contributed by atoms with Crippen LogP contribution < -0.4 is 5.32 Å². The highest BCUT2D eigenvalue weighted by Crippen LogP contribution is 2.30. The lowest BCUT2D eigenvalue weighted by Gasteiger charge is -2.37. The number of rotatable bonds is 6. The smallest absolute Gasteiger partial charge is 0.405 e. The van der Waals surface area contributed by atoms with Crippen LogP contribution in [0.3, 0.4) is 0 Å². The summed E-state index contributed by atoms with van der Waals surface area (Å²) in [5, 5.41) is 22.6. The van der Waals surface area contributed by atoms with E-state index in [1.54, 1.807) is 0 Å². The highest BCUT2D eigenvalue weighted by atomic mass is 127. The van der Waals surface area contributed by atoms with Gasteiger partial charge in [-0.3, -0.25) is 4.90 Å². The van der Waals surface area contributed by atoms with Crippen molar-refractivity contribution in [3.63, 3.8) is 0 Å². The van der Waals surface area contributed by atoms with Crippen molar-refractivity contribution in [2.45, 2.75) is 76.9 Å². The van der Waals surface area contributed by atoms with Crippen molar-refractivity contribution < 1.29 is 15.0 Å². The Balaban J connectivity index is 1.73. The van der Waals surface area contributed by atoms with E-state index in [2.05, 4.69) is 63.4 Å². The van der Waals surface area contributed by atoms with Gasteiger partial charge >= 0.3 is 6.09 Å². The molecule has 176 valence electrons. The van der Waals surface area contributed by atoms with Crippen LogP contribution in [-0.2, 0) is 6.54 Å². The highest BCUT2D eigenvalue weighted by molar-refractivity contribution is 14.1. The van der Waals surface area contributed by atoms with Crippen molar-refractivity contribution in [3.05, 3.63) is 26.8 Å². The lowest BCUT2D eigenvalue weighted by atomic mass is 9.82. The molecule has 1 heterocycles. The van der Waals surface area contributed by atoms with Crippen LogP contribution in [-0.4, -0.2) is 63.9 Å². The standard InChI is InChI=1S/C25H36IN3O3/c1-3-29(4-2)21-9-14-28(15-10-21)18-20-16-19(17-22(26)23(20)30)8-13-25(27-24(31)32)11-6-5-7-12-25/h16-17,21,27,30H,3-7,9-12,14-15,18H2,1-2H3,(H,31,32). The third kappa shape index (κ3) is 6.52. The summed E-state index contributed by atoms with van der Waals surface area (Å²) in [4.78, 5) is 16.3. The second-order valence-corrected chi connectivity index (χ2v) is 10.2. The first-order chi connectivity index (χ1) is 15.4. The Morgan fingerprint density at radius 3 is 2.47 bits per heavy atom. The third-order valence-electron chi connectivity index (χ3n) is 6.92. The van der Waals surface area contributed by atoms with Gasteiger partial charge in [0, 0.05) is 23.7 Å². The van der Waals surface area contributed by atoms with Gasteiger partial charge in [0.2, 0.25) is 0 Å². The molecule has 6 nitrogen and oxygen atoms in total. The van der Waals surface area contributed by atoms with Crippen LogP contribution in [0.1, 0.15) is 69.9 Å². The van der Waals surface area contributed by atoms with E-state index in [4.69, 9.17) is 0 Å². The number of phenolic OH excluding ortho intramolecular Hbond substituents is 1. The lowest BCUT2D eigenvalue weighted by molar-refractivity contribution is 0.112. The maximum absolute atomic E-state index is 11.3. The number of nitrogens with one attached hydrogen (secondary N) is 1. The number of carboxylic acid groups (broad SMARTS) is 1. The number of piperidine rings is 1. The van der Waals surface area contributed by atoms with Gasteiger partial charge in [0.1, 0.15) is 11.3 Å². The molecule has 1 aliphatic heterocycles. The summed E-state index contributed by atoms with van der Waals surface area (Å²) >= 11 is 2.16. The Morgan fingerprint density at radius 2 is 1.88 bits per heavy atom. The van der Waals surface area contributed by atoms with Gasteiger partial charge in [0.15, 0.2) is 0 Å². The Kier molecular flexibility index (Phi) is 9.09. The average Bonchev–Trinajstić information content (AvgIpc) is 2.78. The topological polar surface area (TPSA) is 76.0 Å². The van der Waals surface area contributed by atoms with Crippen molar-refractivity contribution in [2.75, 3.05) is 26.2 Å². The zero-order valence-corrected chi connectivity index (χ0v) is 21.4. The van der Waals surface area contributed by atoms with E-state index in [9.17, 15) is 15.0 Å². The molecule has 1 amide bonds. The molecule has 0 bridgehead atoms. The molecular formula is C25H36IN3O3. The average molecular weight is 553 g/mol. The maximum Gasteiger partial charge on any atom is 0.405 e. The monoisotopic (exact) mass is 553 g/mol. The molecule has 0 aromatic heterocycles. The Hall–Kier alpha value is -1.50. The predicted molar refractivity (Wildman–Crippen MR) is 136 cm³/mol. The van der Waals surface area contributed by atoms with Gasteiger partial charge in [-0.15, -0.1) is 0 Å². The first kappa shape index (κ1) is 25.1. The number of amides is 1. The van der Waals surface area contributed by atoms with Gasteiger partial charge in [0.05, 0.1) is 3.57 Å². The number of aromatic hydroxyl groups is 1. The van der Waals surface area contributed by atoms with Gasteiger partial charge in [-0.2, -0.15) is 0 Å².